The molecule has 1 aromatic heterocycles. The van der Waals surface area contributed by atoms with Crippen molar-refractivity contribution < 1.29 is 9.13 Å². The van der Waals surface area contributed by atoms with Gasteiger partial charge >= 0.3 is 0 Å². The monoisotopic (exact) mass is 334 g/mol. The van der Waals surface area contributed by atoms with E-state index in [9.17, 15) is 4.39 Å². The number of ether oxygens (including phenoxy) is 1. The molecule has 0 spiro atoms. The molecule has 0 saturated heterocycles. The van der Waals surface area contributed by atoms with Crippen LogP contribution in [0.5, 0.6) is 0 Å². The third-order valence-electron chi connectivity index (χ3n) is 3.59. The predicted octanol–water partition coefficient (Wildman–Crippen LogP) is 4.81. The van der Waals surface area contributed by atoms with E-state index < -0.39 is 0 Å². The summed E-state index contributed by atoms with van der Waals surface area (Å²) in [7, 11) is 0. The summed E-state index contributed by atoms with van der Waals surface area (Å²) < 4.78 is 18.7. The molecule has 4 heteroatoms. The zero-order valence-electron chi connectivity index (χ0n) is 14.0. The van der Waals surface area contributed by atoms with Crippen LogP contribution < -0.4 is 0 Å². The summed E-state index contributed by atoms with van der Waals surface area (Å²) >= 11 is 0. The second-order valence-corrected chi connectivity index (χ2v) is 5.69. The maximum atomic E-state index is 12.9. The molecule has 126 valence electrons. The van der Waals surface area contributed by atoms with E-state index in [2.05, 4.69) is 9.97 Å². The maximum absolute atomic E-state index is 12.9. The molecule has 0 aliphatic heterocycles. The summed E-state index contributed by atoms with van der Waals surface area (Å²) in [6, 6.07) is 18.3. The van der Waals surface area contributed by atoms with Gasteiger partial charge in [-0.25, -0.2) is 14.4 Å². The van der Waals surface area contributed by atoms with E-state index in [0.29, 0.717) is 19.0 Å². The zero-order chi connectivity index (χ0) is 17.5. The highest BCUT2D eigenvalue weighted by molar-refractivity contribution is 5.67. The maximum Gasteiger partial charge on any atom is 0.126 e. The van der Waals surface area contributed by atoms with Gasteiger partial charge in [0.25, 0.3) is 0 Å². The minimum absolute atomic E-state index is 0.243. The van der Waals surface area contributed by atoms with Crippen LogP contribution in [0.2, 0.25) is 0 Å². The number of hydrogen-bond acceptors (Lipinski definition) is 3. The molecule has 0 fully saturated rings. The van der Waals surface area contributed by atoms with Gasteiger partial charge < -0.3 is 4.74 Å². The molecule has 0 atom stereocenters. The predicted molar refractivity (Wildman–Crippen MR) is 97.0 cm³/mol. The van der Waals surface area contributed by atoms with Crippen LogP contribution in [0.25, 0.3) is 12.2 Å². The number of hydrogen-bond donors (Lipinski definition) is 0. The Morgan fingerprint density at radius 2 is 1.68 bits per heavy atom. The van der Waals surface area contributed by atoms with Gasteiger partial charge in [-0.05, 0) is 42.3 Å². The standard InChI is InChI=1S/C21H19FN2O/c1-16-23-20(12-9-17-7-10-19(22)11-8-17)13-21(24-16)15-25-14-18-5-3-2-4-6-18/h2-13H,14-15H2,1H3/b12-9+. The van der Waals surface area contributed by atoms with E-state index in [1.54, 1.807) is 12.1 Å². The molecule has 2 aromatic carbocycles. The van der Waals surface area contributed by atoms with Gasteiger partial charge in [-0.1, -0.05) is 48.5 Å². The average Bonchev–Trinajstić information content (AvgIpc) is 2.62. The number of nitrogens with zero attached hydrogens (tertiary/aromatic N) is 2. The molecular formula is C21H19FN2O. The smallest absolute Gasteiger partial charge is 0.126 e. The summed E-state index contributed by atoms with van der Waals surface area (Å²) in [6.07, 6.45) is 3.79. The quantitative estimate of drug-likeness (QED) is 0.649. The van der Waals surface area contributed by atoms with Gasteiger partial charge in [0, 0.05) is 0 Å². The number of aryl methyl sites for hydroxylation is 1. The molecule has 0 aliphatic carbocycles. The topological polar surface area (TPSA) is 35.0 Å². The van der Waals surface area contributed by atoms with Crippen molar-refractivity contribution in [3.63, 3.8) is 0 Å². The lowest BCUT2D eigenvalue weighted by molar-refractivity contribution is 0.104. The Morgan fingerprint density at radius 1 is 0.920 bits per heavy atom. The minimum atomic E-state index is -0.243. The Kier molecular flexibility index (Phi) is 5.65. The highest BCUT2D eigenvalue weighted by atomic mass is 19.1. The van der Waals surface area contributed by atoms with Gasteiger partial charge in [-0.2, -0.15) is 0 Å². The lowest BCUT2D eigenvalue weighted by Crippen LogP contribution is -2.01. The molecule has 25 heavy (non-hydrogen) atoms. The summed E-state index contributed by atoms with van der Waals surface area (Å²) in [4.78, 5) is 8.82. The van der Waals surface area contributed by atoms with Gasteiger partial charge in [-0.15, -0.1) is 0 Å². The normalized spacial score (nSPS) is 11.1. The first-order valence-corrected chi connectivity index (χ1v) is 8.09. The summed E-state index contributed by atoms with van der Waals surface area (Å²) in [5.74, 6) is 0.451. The SMILES string of the molecule is Cc1nc(/C=C/c2ccc(F)cc2)cc(COCc2ccccc2)n1. The number of benzene rings is 2. The number of aromatic nitrogens is 2. The fourth-order valence-electron chi connectivity index (χ4n) is 2.42. The minimum Gasteiger partial charge on any atom is -0.370 e. The fourth-order valence-corrected chi connectivity index (χ4v) is 2.42. The molecule has 0 aliphatic rings. The Balaban J connectivity index is 1.64. The molecule has 0 radical (unpaired) electrons. The number of rotatable bonds is 6. The van der Waals surface area contributed by atoms with Gasteiger partial charge in [-0.3, -0.25) is 0 Å². The van der Waals surface area contributed by atoms with Crippen LogP contribution in [0.3, 0.4) is 0 Å². The van der Waals surface area contributed by atoms with Crippen molar-refractivity contribution in [3.8, 4) is 0 Å². The van der Waals surface area contributed by atoms with Gasteiger partial charge in [0.15, 0.2) is 0 Å². The van der Waals surface area contributed by atoms with Crippen LogP contribution in [-0.2, 0) is 18.0 Å². The van der Waals surface area contributed by atoms with Crippen LogP contribution >= 0.6 is 0 Å². The first-order chi connectivity index (χ1) is 12.2. The van der Waals surface area contributed by atoms with Crippen molar-refractivity contribution in [2.24, 2.45) is 0 Å². The van der Waals surface area contributed by atoms with Crippen LogP contribution in [0.4, 0.5) is 4.39 Å². The molecule has 0 saturated carbocycles. The van der Waals surface area contributed by atoms with Crippen LogP contribution in [0.1, 0.15) is 28.3 Å². The molecule has 3 rings (SSSR count). The van der Waals surface area contributed by atoms with Crippen molar-refractivity contribution in [3.05, 3.63) is 94.8 Å². The van der Waals surface area contributed by atoms with Crippen molar-refractivity contribution in [2.45, 2.75) is 20.1 Å². The summed E-state index contributed by atoms with van der Waals surface area (Å²) in [6.45, 7) is 2.83. The molecule has 1 heterocycles. The van der Waals surface area contributed by atoms with Crippen LogP contribution in [-0.4, -0.2) is 9.97 Å². The lowest BCUT2D eigenvalue weighted by atomic mass is 10.2. The van der Waals surface area contributed by atoms with Crippen LogP contribution in [0, 0.1) is 12.7 Å². The second-order valence-electron chi connectivity index (χ2n) is 5.69. The van der Waals surface area contributed by atoms with E-state index in [-0.39, 0.29) is 5.82 Å². The van der Waals surface area contributed by atoms with Gasteiger partial charge in [0.05, 0.1) is 24.6 Å². The van der Waals surface area contributed by atoms with Gasteiger partial charge in [0.1, 0.15) is 11.6 Å². The molecule has 3 aromatic rings. The second kappa shape index (κ2) is 8.31. The fraction of sp³-hybridized carbons (Fsp3) is 0.143. The van der Waals surface area contributed by atoms with E-state index in [0.717, 1.165) is 22.5 Å². The van der Waals surface area contributed by atoms with E-state index in [1.165, 1.54) is 12.1 Å². The Morgan fingerprint density at radius 3 is 2.44 bits per heavy atom. The summed E-state index contributed by atoms with van der Waals surface area (Å²) in [5, 5.41) is 0. The molecule has 0 amide bonds. The van der Waals surface area contributed by atoms with E-state index in [4.69, 9.17) is 4.74 Å². The van der Waals surface area contributed by atoms with Crippen molar-refractivity contribution in [1.82, 2.24) is 9.97 Å². The highest BCUT2D eigenvalue weighted by Crippen LogP contribution is 2.11. The third kappa shape index (κ3) is 5.33. The average molecular weight is 334 g/mol. The molecule has 0 N–H and O–H groups in total. The van der Waals surface area contributed by atoms with Crippen molar-refractivity contribution in [1.29, 1.82) is 0 Å². The van der Waals surface area contributed by atoms with Gasteiger partial charge in [0.2, 0.25) is 0 Å². The number of halogens is 1. The van der Waals surface area contributed by atoms with Crippen molar-refractivity contribution >= 4 is 12.2 Å². The van der Waals surface area contributed by atoms with E-state index >= 15 is 0 Å². The Labute approximate surface area is 146 Å². The Bertz CT molecular complexity index is 846. The first-order valence-electron chi connectivity index (χ1n) is 8.09. The third-order valence-corrected chi connectivity index (χ3v) is 3.59. The van der Waals surface area contributed by atoms with E-state index in [1.807, 2.05) is 55.5 Å². The largest absolute Gasteiger partial charge is 0.370 e. The molecule has 0 bridgehead atoms. The zero-order valence-corrected chi connectivity index (χ0v) is 14.0. The first kappa shape index (κ1) is 17.0. The molecule has 3 nitrogen and oxygen atoms in total. The molecule has 0 unspecified atom stereocenters. The Hall–Kier alpha value is -2.85. The summed E-state index contributed by atoms with van der Waals surface area (Å²) in [5.41, 5.74) is 3.68. The van der Waals surface area contributed by atoms with Crippen LogP contribution in [0.15, 0.2) is 60.7 Å². The molecular weight excluding hydrogens is 315 g/mol. The highest BCUT2D eigenvalue weighted by Gasteiger charge is 2.01. The lowest BCUT2D eigenvalue weighted by Gasteiger charge is -2.06. The van der Waals surface area contributed by atoms with Crippen molar-refractivity contribution in [2.75, 3.05) is 0 Å².